The van der Waals surface area contributed by atoms with Crippen LogP contribution in [0.3, 0.4) is 0 Å². The lowest BCUT2D eigenvalue weighted by molar-refractivity contribution is 0.0684. The molecule has 0 radical (unpaired) electrons. The average molecular weight is 292 g/mol. The summed E-state index contributed by atoms with van der Waals surface area (Å²) in [7, 11) is 1.66. The molecule has 0 unspecified atom stereocenters. The number of fused-ring (bicyclic) bond motifs is 1. The largest absolute Gasteiger partial charge is 0.478 e. The van der Waals surface area contributed by atoms with Crippen molar-refractivity contribution in [3.05, 3.63) is 30.1 Å². The first-order valence-electron chi connectivity index (χ1n) is 6.97. The molecule has 0 spiro atoms. The normalized spacial score (nSPS) is 11.1. The summed E-state index contributed by atoms with van der Waals surface area (Å²) in [5, 5.41) is 8.96. The van der Waals surface area contributed by atoms with E-state index in [4.69, 9.17) is 14.6 Å². The number of unbranched alkanes of at least 4 members (excludes halogenated alkanes) is 1. The van der Waals surface area contributed by atoms with Crippen LogP contribution < -0.4 is 0 Å². The first-order valence-corrected chi connectivity index (χ1v) is 6.97. The van der Waals surface area contributed by atoms with Gasteiger partial charge in [-0.15, -0.1) is 0 Å². The summed E-state index contributed by atoms with van der Waals surface area (Å²) < 4.78 is 12.3. The van der Waals surface area contributed by atoms with Crippen molar-refractivity contribution in [1.82, 2.24) is 9.55 Å². The number of carboxylic acid groups (broad SMARTS) is 1. The number of carboxylic acids is 1. The van der Waals surface area contributed by atoms with Crippen LogP contribution in [0.1, 0.15) is 23.2 Å². The quantitative estimate of drug-likeness (QED) is 0.717. The lowest BCUT2D eigenvalue weighted by Gasteiger charge is -2.05. The van der Waals surface area contributed by atoms with Crippen LogP contribution in [0.5, 0.6) is 0 Å². The molecule has 0 aliphatic carbocycles. The van der Waals surface area contributed by atoms with E-state index in [0.29, 0.717) is 18.7 Å². The van der Waals surface area contributed by atoms with E-state index in [0.717, 1.165) is 31.5 Å². The Balaban J connectivity index is 1.84. The number of hydrogen-bond acceptors (Lipinski definition) is 4. The Hall–Kier alpha value is -1.92. The molecule has 2 aromatic rings. The summed E-state index contributed by atoms with van der Waals surface area (Å²) in [6.07, 6.45) is 3.71. The lowest BCUT2D eigenvalue weighted by atomic mass is 10.2. The van der Waals surface area contributed by atoms with E-state index >= 15 is 0 Å². The molecule has 0 atom stereocenters. The van der Waals surface area contributed by atoms with Crippen molar-refractivity contribution < 1.29 is 19.4 Å². The Morgan fingerprint density at radius 2 is 2.14 bits per heavy atom. The third-order valence-corrected chi connectivity index (χ3v) is 3.24. The molecule has 0 saturated carbocycles. The number of ether oxygens (including phenoxy) is 2. The van der Waals surface area contributed by atoms with E-state index in [2.05, 4.69) is 4.98 Å². The van der Waals surface area contributed by atoms with Crippen molar-refractivity contribution in [2.75, 3.05) is 26.9 Å². The van der Waals surface area contributed by atoms with Crippen LogP contribution in [-0.2, 0) is 16.0 Å². The zero-order valence-electron chi connectivity index (χ0n) is 12.1. The fourth-order valence-corrected chi connectivity index (χ4v) is 2.11. The minimum atomic E-state index is -0.931. The van der Waals surface area contributed by atoms with Crippen LogP contribution >= 0.6 is 0 Å². The molecule has 1 aromatic heterocycles. The fraction of sp³-hybridized carbons (Fsp3) is 0.467. The lowest BCUT2D eigenvalue weighted by Crippen LogP contribution is -2.04. The molecule has 0 amide bonds. The van der Waals surface area contributed by atoms with Crippen molar-refractivity contribution in [3.63, 3.8) is 0 Å². The first-order chi connectivity index (χ1) is 10.2. The van der Waals surface area contributed by atoms with Gasteiger partial charge in [0.1, 0.15) is 0 Å². The molecule has 6 heteroatoms. The molecule has 0 bridgehead atoms. The second-order valence-corrected chi connectivity index (χ2v) is 4.76. The average Bonchev–Trinajstić information content (AvgIpc) is 2.88. The summed E-state index contributed by atoms with van der Waals surface area (Å²) in [6, 6.07) is 5.01. The summed E-state index contributed by atoms with van der Waals surface area (Å²) >= 11 is 0. The molecule has 114 valence electrons. The summed E-state index contributed by atoms with van der Waals surface area (Å²) in [4.78, 5) is 15.2. The summed E-state index contributed by atoms with van der Waals surface area (Å²) in [6.45, 7) is 2.82. The highest BCUT2D eigenvalue weighted by Gasteiger charge is 2.07. The predicted molar refractivity (Wildman–Crippen MR) is 78.6 cm³/mol. The van der Waals surface area contributed by atoms with Crippen LogP contribution in [0, 0.1) is 0 Å². The Morgan fingerprint density at radius 3 is 2.90 bits per heavy atom. The zero-order valence-corrected chi connectivity index (χ0v) is 12.1. The summed E-state index contributed by atoms with van der Waals surface area (Å²) in [5.41, 5.74) is 1.94. The second-order valence-electron chi connectivity index (χ2n) is 4.76. The SMILES string of the molecule is COCCOCCCCn1cnc2cc(C(=O)O)ccc21. The van der Waals surface area contributed by atoms with Crippen LogP contribution in [0.15, 0.2) is 24.5 Å². The van der Waals surface area contributed by atoms with Gasteiger partial charge in [0.15, 0.2) is 0 Å². The molecule has 1 heterocycles. The third kappa shape index (κ3) is 4.27. The van der Waals surface area contributed by atoms with Gasteiger partial charge in [-0.25, -0.2) is 9.78 Å². The van der Waals surface area contributed by atoms with Crippen LogP contribution in [-0.4, -0.2) is 47.6 Å². The number of aryl methyl sites for hydroxylation is 1. The number of carbonyl (C=O) groups is 1. The van der Waals surface area contributed by atoms with Crippen molar-refractivity contribution in [2.24, 2.45) is 0 Å². The van der Waals surface area contributed by atoms with Crippen molar-refractivity contribution in [3.8, 4) is 0 Å². The molecule has 21 heavy (non-hydrogen) atoms. The topological polar surface area (TPSA) is 73.6 Å². The Morgan fingerprint density at radius 1 is 1.29 bits per heavy atom. The second kappa shape index (κ2) is 7.75. The standard InChI is InChI=1S/C15H20N2O4/c1-20-8-9-21-7-3-2-6-17-11-16-13-10-12(15(18)19)4-5-14(13)17/h4-5,10-11H,2-3,6-9H2,1H3,(H,18,19). The Bertz CT molecular complexity index is 594. The first kappa shape index (κ1) is 15.5. The van der Waals surface area contributed by atoms with E-state index in [1.165, 1.54) is 0 Å². The number of hydrogen-bond donors (Lipinski definition) is 1. The highest BCUT2D eigenvalue weighted by Crippen LogP contribution is 2.15. The Labute approximate surface area is 123 Å². The van der Waals surface area contributed by atoms with Gasteiger partial charge in [0.25, 0.3) is 0 Å². The third-order valence-electron chi connectivity index (χ3n) is 3.24. The van der Waals surface area contributed by atoms with Crippen molar-refractivity contribution >= 4 is 17.0 Å². The molecule has 0 fully saturated rings. The number of aromatic carboxylic acids is 1. The molecule has 0 aliphatic rings. The smallest absolute Gasteiger partial charge is 0.335 e. The molecule has 0 saturated heterocycles. The van der Waals surface area contributed by atoms with E-state index in [1.54, 1.807) is 31.6 Å². The maximum atomic E-state index is 10.9. The minimum absolute atomic E-state index is 0.263. The van der Waals surface area contributed by atoms with E-state index < -0.39 is 5.97 Å². The monoisotopic (exact) mass is 292 g/mol. The molecule has 1 aromatic carbocycles. The highest BCUT2D eigenvalue weighted by molar-refractivity contribution is 5.92. The number of methoxy groups -OCH3 is 1. The molecular formula is C15H20N2O4. The van der Waals surface area contributed by atoms with Crippen LogP contribution in [0.4, 0.5) is 0 Å². The van der Waals surface area contributed by atoms with E-state index in [1.807, 2.05) is 4.57 Å². The van der Waals surface area contributed by atoms with Gasteiger partial charge < -0.3 is 19.1 Å². The number of benzene rings is 1. The zero-order chi connectivity index (χ0) is 15.1. The van der Waals surface area contributed by atoms with Gasteiger partial charge >= 0.3 is 5.97 Å². The number of aromatic nitrogens is 2. The van der Waals surface area contributed by atoms with Crippen molar-refractivity contribution in [1.29, 1.82) is 0 Å². The van der Waals surface area contributed by atoms with Crippen molar-refractivity contribution in [2.45, 2.75) is 19.4 Å². The van der Waals surface area contributed by atoms with Crippen LogP contribution in [0.2, 0.25) is 0 Å². The molecule has 2 rings (SSSR count). The number of rotatable bonds is 9. The van der Waals surface area contributed by atoms with Gasteiger partial charge in [-0.2, -0.15) is 0 Å². The van der Waals surface area contributed by atoms with E-state index in [-0.39, 0.29) is 5.56 Å². The van der Waals surface area contributed by atoms with Gasteiger partial charge in [-0.05, 0) is 31.0 Å². The molecular weight excluding hydrogens is 272 g/mol. The molecule has 0 aliphatic heterocycles. The predicted octanol–water partition coefficient (Wildman–Crippen LogP) is 2.18. The minimum Gasteiger partial charge on any atom is -0.478 e. The highest BCUT2D eigenvalue weighted by atomic mass is 16.5. The maximum Gasteiger partial charge on any atom is 0.335 e. The van der Waals surface area contributed by atoms with E-state index in [9.17, 15) is 4.79 Å². The van der Waals surface area contributed by atoms with Gasteiger partial charge in [-0.3, -0.25) is 0 Å². The van der Waals surface area contributed by atoms with Crippen LogP contribution in [0.25, 0.3) is 11.0 Å². The van der Waals surface area contributed by atoms with Gasteiger partial charge in [0.2, 0.25) is 0 Å². The fourth-order valence-electron chi connectivity index (χ4n) is 2.11. The molecule has 1 N–H and O–H groups in total. The van der Waals surface area contributed by atoms with Gasteiger partial charge in [0.05, 0.1) is 36.1 Å². The van der Waals surface area contributed by atoms with Gasteiger partial charge in [-0.1, -0.05) is 0 Å². The number of nitrogens with zero attached hydrogens (tertiary/aromatic N) is 2. The number of imidazole rings is 1. The summed E-state index contributed by atoms with van der Waals surface area (Å²) in [5.74, 6) is -0.931. The maximum absolute atomic E-state index is 10.9. The Kier molecular flexibility index (Phi) is 5.71. The van der Waals surface area contributed by atoms with Gasteiger partial charge in [0, 0.05) is 20.3 Å². The molecule has 6 nitrogen and oxygen atoms in total.